The van der Waals surface area contributed by atoms with Crippen LogP contribution >= 0.6 is 0 Å². The minimum atomic E-state index is -4.55. The predicted molar refractivity (Wildman–Crippen MR) is 61.5 cm³/mol. The van der Waals surface area contributed by atoms with Crippen molar-refractivity contribution in [3.05, 3.63) is 17.5 Å². The highest BCUT2D eigenvalue weighted by Gasteiger charge is 2.54. The Bertz CT molecular complexity index is 555. The fourth-order valence-corrected chi connectivity index (χ4v) is 3.41. The van der Waals surface area contributed by atoms with E-state index in [9.17, 15) is 18.0 Å². The van der Waals surface area contributed by atoms with Gasteiger partial charge in [-0.05, 0) is 12.8 Å². The van der Waals surface area contributed by atoms with Gasteiger partial charge in [-0.25, -0.2) is 0 Å². The summed E-state index contributed by atoms with van der Waals surface area (Å²) in [7, 11) is 1.42. The molecule has 8 heteroatoms. The standard InChI is InChI=1S/C12H14F3N3O2/c1-18-4-5(10(17-18)12(13,14)15)8-6-2-3-7(20-6)9(8)11(16)19/h4,6-9H,2-3H2,1H3,(H2,16,19). The van der Waals surface area contributed by atoms with Crippen LogP contribution in [0.3, 0.4) is 0 Å². The van der Waals surface area contributed by atoms with Crippen molar-refractivity contribution in [3.8, 4) is 0 Å². The SMILES string of the molecule is Cn1cc(C2C3CCC(O3)C2C(N)=O)c(C(F)(F)F)n1. The summed E-state index contributed by atoms with van der Waals surface area (Å²) in [6.07, 6.45) is -2.69. The van der Waals surface area contributed by atoms with E-state index in [1.807, 2.05) is 0 Å². The van der Waals surface area contributed by atoms with Crippen LogP contribution in [0.5, 0.6) is 0 Å². The van der Waals surface area contributed by atoms with Crippen molar-refractivity contribution in [3.63, 3.8) is 0 Å². The maximum atomic E-state index is 13.1. The molecule has 0 saturated carbocycles. The summed E-state index contributed by atoms with van der Waals surface area (Å²) < 4.78 is 45.9. The number of alkyl halides is 3. The van der Waals surface area contributed by atoms with Crippen molar-refractivity contribution in [2.24, 2.45) is 18.7 Å². The number of carbonyl (C=O) groups is 1. The van der Waals surface area contributed by atoms with Gasteiger partial charge < -0.3 is 10.5 Å². The molecule has 2 saturated heterocycles. The number of fused-ring (bicyclic) bond motifs is 2. The van der Waals surface area contributed by atoms with Gasteiger partial charge in [0.2, 0.25) is 5.91 Å². The van der Waals surface area contributed by atoms with Crippen molar-refractivity contribution < 1.29 is 22.7 Å². The Balaban J connectivity index is 2.06. The second kappa shape index (κ2) is 4.21. The van der Waals surface area contributed by atoms with Crippen LogP contribution in [0.2, 0.25) is 0 Å². The average Bonchev–Trinajstić information content (AvgIpc) is 2.98. The van der Waals surface area contributed by atoms with E-state index in [2.05, 4.69) is 5.10 Å². The third-order valence-corrected chi connectivity index (χ3v) is 4.09. The summed E-state index contributed by atoms with van der Waals surface area (Å²) in [6.45, 7) is 0. The zero-order valence-electron chi connectivity index (χ0n) is 10.7. The van der Waals surface area contributed by atoms with Crippen molar-refractivity contribution in [1.29, 1.82) is 0 Å². The summed E-state index contributed by atoms with van der Waals surface area (Å²) in [4.78, 5) is 11.6. The number of nitrogens with zero attached hydrogens (tertiary/aromatic N) is 2. The maximum Gasteiger partial charge on any atom is 0.435 e. The molecule has 2 aliphatic rings. The second-order valence-electron chi connectivity index (χ2n) is 5.35. The highest BCUT2D eigenvalue weighted by molar-refractivity contribution is 5.79. The molecule has 3 rings (SSSR count). The lowest BCUT2D eigenvalue weighted by Crippen LogP contribution is -2.37. The number of aryl methyl sites for hydroxylation is 1. The molecular weight excluding hydrogens is 275 g/mol. The van der Waals surface area contributed by atoms with E-state index < -0.39 is 29.6 Å². The minimum absolute atomic E-state index is 0.0102. The van der Waals surface area contributed by atoms with Crippen molar-refractivity contribution in [1.82, 2.24) is 9.78 Å². The molecule has 2 aliphatic heterocycles. The van der Waals surface area contributed by atoms with E-state index in [1.54, 1.807) is 0 Å². The first-order chi connectivity index (χ1) is 9.29. The van der Waals surface area contributed by atoms with E-state index in [0.717, 1.165) is 4.68 Å². The number of rotatable bonds is 2. The summed E-state index contributed by atoms with van der Waals surface area (Å²) in [5.74, 6) is -1.98. The van der Waals surface area contributed by atoms with Crippen LogP contribution in [0.25, 0.3) is 0 Å². The molecule has 3 heterocycles. The Morgan fingerprint density at radius 3 is 2.70 bits per heavy atom. The van der Waals surface area contributed by atoms with Gasteiger partial charge in [0.05, 0.1) is 18.1 Å². The third-order valence-electron chi connectivity index (χ3n) is 4.09. The first kappa shape index (κ1) is 13.4. The molecule has 1 amide bonds. The van der Waals surface area contributed by atoms with Gasteiger partial charge in [0.15, 0.2) is 5.69 Å². The number of aromatic nitrogens is 2. The molecule has 4 atom stereocenters. The molecule has 5 nitrogen and oxygen atoms in total. The quantitative estimate of drug-likeness (QED) is 0.889. The Morgan fingerprint density at radius 1 is 1.45 bits per heavy atom. The van der Waals surface area contributed by atoms with Gasteiger partial charge in [-0.15, -0.1) is 0 Å². The number of amides is 1. The van der Waals surface area contributed by atoms with Crippen LogP contribution in [0.4, 0.5) is 13.2 Å². The normalized spacial score (nSPS) is 32.8. The van der Waals surface area contributed by atoms with Crippen LogP contribution in [-0.4, -0.2) is 27.9 Å². The third kappa shape index (κ3) is 1.90. The lowest BCUT2D eigenvalue weighted by Gasteiger charge is -2.25. The summed E-state index contributed by atoms with van der Waals surface area (Å²) in [5, 5.41) is 3.49. The van der Waals surface area contributed by atoms with Crippen molar-refractivity contribution in [2.75, 3.05) is 0 Å². The van der Waals surface area contributed by atoms with Gasteiger partial charge in [0.1, 0.15) is 0 Å². The number of ether oxygens (including phenoxy) is 1. The number of hydrogen-bond donors (Lipinski definition) is 1. The van der Waals surface area contributed by atoms with Gasteiger partial charge >= 0.3 is 6.18 Å². The van der Waals surface area contributed by atoms with Gasteiger partial charge in [-0.1, -0.05) is 0 Å². The fraction of sp³-hybridized carbons (Fsp3) is 0.667. The lowest BCUT2D eigenvalue weighted by molar-refractivity contribution is -0.142. The molecule has 2 bridgehead atoms. The molecule has 110 valence electrons. The Labute approximate surface area is 112 Å². The molecule has 4 unspecified atom stereocenters. The molecule has 0 aromatic carbocycles. The highest BCUT2D eigenvalue weighted by Crippen LogP contribution is 2.50. The Kier molecular flexibility index (Phi) is 2.82. The van der Waals surface area contributed by atoms with Crippen LogP contribution in [0, 0.1) is 5.92 Å². The second-order valence-corrected chi connectivity index (χ2v) is 5.35. The van der Waals surface area contributed by atoms with E-state index in [-0.39, 0.29) is 17.8 Å². The van der Waals surface area contributed by atoms with Gasteiger partial charge in [-0.2, -0.15) is 18.3 Å². The minimum Gasteiger partial charge on any atom is -0.373 e. The van der Waals surface area contributed by atoms with E-state index in [1.165, 1.54) is 13.2 Å². The number of carbonyl (C=O) groups excluding carboxylic acids is 1. The van der Waals surface area contributed by atoms with E-state index in [4.69, 9.17) is 10.5 Å². The number of nitrogens with two attached hydrogens (primary N) is 1. The maximum absolute atomic E-state index is 13.1. The van der Waals surface area contributed by atoms with Crippen LogP contribution in [-0.2, 0) is 22.8 Å². The molecule has 1 aromatic heterocycles. The van der Waals surface area contributed by atoms with E-state index >= 15 is 0 Å². The highest BCUT2D eigenvalue weighted by atomic mass is 19.4. The van der Waals surface area contributed by atoms with Crippen LogP contribution in [0.15, 0.2) is 6.20 Å². The van der Waals surface area contributed by atoms with Crippen molar-refractivity contribution >= 4 is 5.91 Å². The van der Waals surface area contributed by atoms with Gasteiger partial charge in [0.25, 0.3) is 0 Å². The van der Waals surface area contributed by atoms with E-state index in [0.29, 0.717) is 12.8 Å². The Hall–Kier alpha value is -1.57. The van der Waals surface area contributed by atoms with Crippen molar-refractivity contribution in [2.45, 2.75) is 37.1 Å². The van der Waals surface area contributed by atoms with Crippen LogP contribution in [0.1, 0.15) is 30.0 Å². The molecule has 0 spiro atoms. The first-order valence-electron chi connectivity index (χ1n) is 6.34. The molecule has 2 N–H and O–H groups in total. The number of primary amides is 1. The zero-order chi connectivity index (χ0) is 14.7. The van der Waals surface area contributed by atoms with Gasteiger partial charge in [-0.3, -0.25) is 9.48 Å². The molecule has 0 radical (unpaired) electrons. The molecule has 1 aromatic rings. The topological polar surface area (TPSA) is 70.1 Å². The average molecular weight is 289 g/mol. The molecular formula is C12H14F3N3O2. The van der Waals surface area contributed by atoms with Gasteiger partial charge in [0, 0.05) is 24.7 Å². The number of hydrogen-bond acceptors (Lipinski definition) is 3. The summed E-state index contributed by atoms with van der Waals surface area (Å²) in [5.41, 5.74) is 4.41. The molecule has 2 fully saturated rings. The fourth-order valence-electron chi connectivity index (χ4n) is 3.41. The van der Waals surface area contributed by atoms with Crippen LogP contribution < -0.4 is 5.73 Å². The largest absolute Gasteiger partial charge is 0.435 e. The predicted octanol–water partition coefficient (Wildman–Crippen LogP) is 1.19. The summed E-state index contributed by atoms with van der Waals surface area (Å²) >= 11 is 0. The Morgan fingerprint density at radius 2 is 2.10 bits per heavy atom. The molecule has 20 heavy (non-hydrogen) atoms. The zero-order valence-corrected chi connectivity index (χ0v) is 10.7. The monoisotopic (exact) mass is 289 g/mol. The summed E-state index contributed by atoms with van der Waals surface area (Å²) in [6, 6.07) is 0. The first-order valence-corrected chi connectivity index (χ1v) is 6.34. The number of halogens is 3. The lowest BCUT2D eigenvalue weighted by atomic mass is 9.75. The molecule has 0 aliphatic carbocycles. The smallest absolute Gasteiger partial charge is 0.373 e.